The number of aryl methyl sites for hydroxylation is 1. The highest BCUT2D eigenvalue weighted by Gasteiger charge is 2.27. The second-order valence-electron chi connectivity index (χ2n) is 7.98. The molecule has 9 heteroatoms. The minimum Gasteiger partial charge on any atom is -0.496 e. The number of carbonyl (C=O) groups is 1. The zero-order valence-electron chi connectivity index (χ0n) is 19.5. The summed E-state index contributed by atoms with van der Waals surface area (Å²) in [5.41, 5.74) is 1.30. The monoisotopic (exact) mass is 496 g/mol. The van der Waals surface area contributed by atoms with Crippen molar-refractivity contribution in [2.24, 2.45) is 0 Å². The lowest BCUT2D eigenvalue weighted by molar-refractivity contribution is -0.116. The van der Waals surface area contributed by atoms with Gasteiger partial charge in [0.1, 0.15) is 17.2 Å². The van der Waals surface area contributed by atoms with Crippen LogP contribution < -0.4 is 14.8 Å². The molecule has 0 bridgehead atoms. The van der Waals surface area contributed by atoms with Gasteiger partial charge in [0.15, 0.2) is 0 Å². The van der Waals surface area contributed by atoms with Gasteiger partial charge >= 0.3 is 0 Å². The average Bonchev–Trinajstić information content (AvgIpc) is 2.89. The van der Waals surface area contributed by atoms with E-state index >= 15 is 0 Å². The van der Waals surface area contributed by atoms with Crippen LogP contribution in [0.25, 0.3) is 0 Å². The van der Waals surface area contributed by atoms with Crippen LogP contribution in [-0.4, -0.2) is 52.0 Å². The Kier molecular flexibility index (Phi) is 8.02. The summed E-state index contributed by atoms with van der Waals surface area (Å²) in [7, 11) is -2.12. The van der Waals surface area contributed by atoms with Crippen LogP contribution in [0, 0.1) is 0 Å². The lowest BCUT2D eigenvalue weighted by atomic mass is 10.1. The van der Waals surface area contributed by atoms with Gasteiger partial charge in [-0.25, -0.2) is 8.42 Å². The molecule has 1 amide bonds. The molecule has 3 aromatic carbocycles. The quantitative estimate of drug-likeness (QED) is 0.480. The third-order valence-corrected chi connectivity index (χ3v) is 7.49. The van der Waals surface area contributed by atoms with E-state index in [1.807, 2.05) is 30.3 Å². The first-order chi connectivity index (χ1) is 17.0. The second-order valence-corrected chi connectivity index (χ2v) is 9.92. The Morgan fingerprint density at radius 2 is 1.66 bits per heavy atom. The van der Waals surface area contributed by atoms with Gasteiger partial charge in [-0.05, 0) is 66.6 Å². The second kappa shape index (κ2) is 11.4. The Balaban J connectivity index is 1.37. The van der Waals surface area contributed by atoms with Crippen molar-refractivity contribution in [3.8, 4) is 17.2 Å². The van der Waals surface area contributed by atoms with Crippen LogP contribution in [-0.2, 0) is 26.0 Å². The standard InChI is InChI=1S/C26H28N2O6S/c1-32-25-13-12-24(35(30,31)28-15-17-33-18-16-28)19-20(25)7-14-26(29)27-21-8-10-23(11-9-21)34-22-5-3-2-4-6-22/h2-6,8-13,19H,7,14-18H2,1H3,(H,27,29). The van der Waals surface area contributed by atoms with E-state index in [1.54, 1.807) is 36.4 Å². The summed E-state index contributed by atoms with van der Waals surface area (Å²) in [6.45, 7) is 1.39. The third kappa shape index (κ3) is 6.39. The number of nitrogens with one attached hydrogen (secondary N) is 1. The van der Waals surface area contributed by atoms with Gasteiger partial charge in [-0.3, -0.25) is 4.79 Å². The minimum absolute atomic E-state index is 0.166. The van der Waals surface area contributed by atoms with Gasteiger partial charge in [0, 0.05) is 25.2 Å². The van der Waals surface area contributed by atoms with Crippen molar-refractivity contribution >= 4 is 21.6 Å². The van der Waals surface area contributed by atoms with E-state index in [0.29, 0.717) is 55.5 Å². The number of methoxy groups -OCH3 is 1. The summed E-state index contributed by atoms with van der Waals surface area (Å²) in [4.78, 5) is 12.8. The number of benzene rings is 3. The van der Waals surface area contributed by atoms with E-state index < -0.39 is 10.0 Å². The number of morpholine rings is 1. The van der Waals surface area contributed by atoms with Crippen molar-refractivity contribution in [2.45, 2.75) is 17.7 Å². The predicted molar refractivity (Wildman–Crippen MR) is 132 cm³/mol. The first-order valence-corrected chi connectivity index (χ1v) is 12.8. The highest BCUT2D eigenvalue weighted by atomic mass is 32.2. The van der Waals surface area contributed by atoms with Crippen molar-refractivity contribution in [3.05, 3.63) is 78.4 Å². The molecule has 1 N–H and O–H groups in total. The number of rotatable bonds is 9. The van der Waals surface area contributed by atoms with Crippen molar-refractivity contribution in [1.29, 1.82) is 0 Å². The van der Waals surface area contributed by atoms with Crippen LogP contribution in [0.2, 0.25) is 0 Å². The lowest BCUT2D eigenvalue weighted by Gasteiger charge is -2.26. The van der Waals surface area contributed by atoms with Gasteiger partial charge in [-0.15, -0.1) is 0 Å². The van der Waals surface area contributed by atoms with Crippen LogP contribution in [0.15, 0.2) is 77.7 Å². The average molecular weight is 497 g/mol. The molecule has 1 fully saturated rings. The Morgan fingerprint density at radius 3 is 2.34 bits per heavy atom. The number of sulfonamides is 1. The van der Waals surface area contributed by atoms with E-state index in [1.165, 1.54) is 17.5 Å². The molecule has 35 heavy (non-hydrogen) atoms. The van der Waals surface area contributed by atoms with E-state index in [4.69, 9.17) is 14.2 Å². The fourth-order valence-corrected chi connectivity index (χ4v) is 5.21. The highest BCUT2D eigenvalue weighted by molar-refractivity contribution is 7.89. The minimum atomic E-state index is -3.64. The Labute approximate surface area is 205 Å². The number of hydrogen-bond donors (Lipinski definition) is 1. The van der Waals surface area contributed by atoms with Crippen molar-refractivity contribution in [2.75, 3.05) is 38.7 Å². The molecular weight excluding hydrogens is 468 g/mol. The molecule has 1 heterocycles. The molecule has 0 aromatic heterocycles. The molecule has 0 unspecified atom stereocenters. The lowest BCUT2D eigenvalue weighted by Crippen LogP contribution is -2.40. The Bertz CT molecular complexity index is 1240. The summed E-state index contributed by atoms with van der Waals surface area (Å²) in [5.74, 6) is 1.75. The van der Waals surface area contributed by atoms with Gasteiger partial charge in [0.05, 0.1) is 25.2 Å². The molecule has 0 saturated carbocycles. The Morgan fingerprint density at radius 1 is 0.971 bits per heavy atom. The maximum absolute atomic E-state index is 13.0. The third-order valence-electron chi connectivity index (χ3n) is 5.60. The summed E-state index contributed by atoms with van der Waals surface area (Å²) in [5, 5.41) is 2.86. The summed E-state index contributed by atoms with van der Waals surface area (Å²) >= 11 is 0. The zero-order valence-corrected chi connectivity index (χ0v) is 20.3. The number of nitrogens with zero attached hydrogens (tertiary/aromatic N) is 1. The van der Waals surface area contributed by atoms with E-state index in [9.17, 15) is 13.2 Å². The van der Waals surface area contributed by atoms with Gasteiger partial charge in [0.25, 0.3) is 0 Å². The Hall–Kier alpha value is -3.40. The zero-order chi connectivity index (χ0) is 24.7. The topological polar surface area (TPSA) is 94.2 Å². The number of ether oxygens (including phenoxy) is 3. The van der Waals surface area contributed by atoms with Crippen molar-refractivity contribution < 1.29 is 27.4 Å². The molecular formula is C26H28N2O6S. The molecule has 8 nitrogen and oxygen atoms in total. The SMILES string of the molecule is COc1ccc(S(=O)(=O)N2CCOCC2)cc1CCC(=O)Nc1ccc(Oc2ccccc2)cc1. The summed E-state index contributed by atoms with van der Waals surface area (Å²) in [6.07, 6.45) is 0.496. The van der Waals surface area contributed by atoms with Crippen LogP contribution in [0.4, 0.5) is 5.69 Å². The fraction of sp³-hybridized carbons (Fsp3) is 0.269. The molecule has 1 saturated heterocycles. The van der Waals surface area contributed by atoms with Gasteiger partial charge < -0.3 is 19.5 Å². The number of hydrogen-bond acceptors (Lipinski definition) is 6. The summed E-state index contributed by atoms with van der Waals surface area (Å²) < 4.78 is 43.8. The van der Waals surface area contributed by atoms with E-state index in [-0.39, 0.29) is 17.2 Å². The number of anilines is 1. The normalized spacial score (nSPS) is 14.3. The van der Waals surface area contributed by atoms with Gasteiger partial charge in [-0.1, -0.05) is 18.2 Å². The first-order valence-electron chi connectivity index (χ1n) is 11.3. The molecule has 1 aliphatic heterocycles. The number of amides is 1. The van der Waals surface area contributed by atoms with Crippen molar-refractivity contribution in [3.63, 3.8) is 0 Å². The fourth-order valence-electron chi connectivity index (χ4n) is 3.75. The van der Waals surface area contributed by atoms with Crippen LogP contribution in [0.5, 0.6) is 17.2 Å². The van der Waals surface area contributed by atoms with Gasteiger partial charge in [0.2, 0.25) is 15.9 Å². The van der Waals surface area contributed by atoms with Crippen molar-refractivity contribution in [1.82, 2.24) is 4.31 Å². The van der Waals surface area contributed by atoms with Gasteiger partial charge in [-0.2, -0.15) is 4.31 Å². The molecule has 4 rings (SSSR count). The first kappa shape index (κ1) is 24.7. The van der Waals surface area contributed by atoms with E-state index in [2.05, 4.69) is 5.32 Å². The molecule has 0 aliphatic carbocycles. The maximum atomic E-state index is 13.0. The smallest absolute Gasteiger partial charge is 0.243 e. The molecule has 0 radical (unpaired) electrons. The molecule has 3 aromatic rings. The van der Waals surface area contributed by atoms with Crippen LogP contribution >= 0.6 is 0 Å². The van der Waals surface area contributed by atoms with E-state index in [0.717, 1.165) is 5.75 Å². The largest absolute Gasteiger partial charge is 0.496 e. The molecule has 184 valence electrons. The van der Waals surface area contributed by atoms with Crippen LogP contribution in [0.3, 0.4) is 0 Å². The highest BCUT2D eigenvalue weighted by Crippen LogP contribution is 2.27. The molecule has 0 spiro atoms. The number of para-hydroxylation sites is 1. The number of carbonyl (C=O) groups excluding carboxylic acids is 1. The predicted octanol–water partition coefficient (Wildman–Crippen LogP) is 4.08. The molecule has 1 aliphatic rings. The van der Waals surface area contributed by atoms with Crippen LogP contribution in [0.1, 0.15) is 12.0 Å². The summed E-state index contributed by atoms with van der Waals surface area (Å²) in [6, 6.07) is 21.3. The molecule has 0 atom stereocenters. The maximum Gasteiger partial charge on any atom is 0.243 e.